The monoisotopic (exact) mass is 231 g/mol. The highest BCUT2D eigenvalue weighted by atomic mass is 15.2. The molecule has 0 saturated carbocycles. The number of nitrogens with two attached hydrogens (primary N) is 1. The van der Waals surface area contributed by atoms with E-state index in [-0.39, 0.29) is 12.1 Å². The Balaban J connectivity index is 2.88. The van der Waals surface area contributed by atoms with Crippen molar-refractivity contribution in [3.63, 3.8) is 0 Å². The molecule has 0 fully saturated rings. The third-order valence-corrected chi connectivity index (χ3v) is 2.95. The molecule has 92 valence electrons. The van der Waals surface area contributed by atoms with Gasteiger partial charge in [-0.3, -0.25) is 4.90 Å². The highest BCUT2D eigenvalue weighted by molar-refractivity contribution is 5.20. The van der Waals surface area contributed by atoms with Crippen molar-refractivity contribution in [2.45, 2.75) is 32.4 Å². The highest BCUT2D eigenvalue weighted by Crippen LogP contribution is 2.23. The van der Waals surface area contributed by atoms with Crippen molar-refractivity contribution in [3.05, 3.63) is 35.9 Å². The topological polar surface area (TPSA) is 53.0 Å². The van der Waals surface area contributed by atoms with Gasteiger partial charge < -0.3 is 5.73 Å². The lowest BCUT2D eigenvalue weighted by Gasteiger charge is -2.33. The van der Waals surface area contributed by atoms with Crippen LogP contribution in [0.25, 0.3) is 0 Å². The molecule has 0 aliphatic carbocycles. The fourth-order valence-corrected chi connectivity index (χ4v) is 2.18. The quantitative estimate of drug-likeness (QED) is 0.817. The Labute approximate surface area is 104 Å². The number of nitriles is 1. The summed E-state index contributed by atoms with van der Waals surface area (Å²) in [4.78, 5) is 2.27. The molecule has 0 aliphatic heterocycles. The van der Waals surface area contributed by atoms with Crippen LogP contribution >= 0.6 is 0 Å². The van der Waals surface area contributed by atoms with Crippen LogP contribution < -0.4 is 5.73 Å². The maximum absolute atomic E-state index is 8.69. The maximum atomic E-state index is 8.69. The number of likely N-dealkylation sites (N-methyl/N-ethyl adjacent to an activating group) is 1. The summed E-state index contributed by atoms with van der Waals surface area (Å²) < 4.78 is 0. The Morgan fingerprint density at radius 2 is 2.00 bits per heavy atom. The third kappa shape index (κ3) is 3.85. The van der Waals surface area contributed by atoms with Crippen LogP contribution in [0.1, 0.15) is 31.9 Å². The number of rotatable bonds is 6. The second-order valence-corrected chi connectivity index (χ2v) is 4.25. The van der Waals surface area contributed by atoms with Crippen LogP contribution in [0.3, 0.4) is 0 Å². The normalized spacial score (nSPS) is 14.3. The second kappa shape index (κ2) is 7.05. The molecular weight excluding hydrogens is 210 g/mol. The molecule has 0 spiro atoms. The molecule has 0 saturated heterocycles. The zero-order valence-corrected chi connectivity index (χ0v) is 10.6. The van der Waals surface area contributed by atoms with Crippen molar-refractivity contribution >= 4 is 0 Å². The van der Waals surface area contributed by atoms with Crippen LogP contribution in [0.2, 0.25) is 0 Å². The molecule has 1 aromatic carbocycles. The molecule has 17 heavy (non-hydrogen) atoms. The van der Waals surface area contributed by atoms with Crippen LogP contribution in [0.5, 0.6) is 0 Å². The molecule has 0 amide bonds. The molecule has 0 aromatic heterocycles. The van der Waals surface area contributed by atoms with Crippen LogP contribution in [-0.4, -0.2) is 24.0 Å². The molecule has 3 nitrogen and oxygen atoms in total. The first kappa shape index (κ1) is 13.7. The Morgan fingerprint density at radius 1 is 1.35 bits per heavy atom. The van der Waals surface area contributed by atoms with E-state index in [1.165, 1.54) is 5.56 Å². The summed E-state index contributed by atoms with van der Waals surface area (Å²) in [5, 5.41) is 8.69. The number of benzene rings is 1. The third-order valence-electron chi connectivity index (χ3n) is 2.95. The summed E-state index contributed by atoms with van der Waals surface area (Å²) in [5.41, 5.74) is 7.32. The van der Waals surface area contributed by atoms with E-state index < -0.39 is 0 Å². The first-order valence-corrected chi connectivity index (χ1v) is 6.12. The summed E-state index contributed by atoms with van der Waals surface area (Å²) in [5.74, 6) is 0. The average molecular weight is 231 g/mol. The lowest BCUT2D eigenvalue weighted by Crippen LogP contribution is -2.39. The lowest BCUT2D eigenvalue weighted by molar-refractivity contribution is 0.189. The summed E-state index contributed by atoms with van der Waals surface area (Å²) in [6, 6.07) is 12.7. The standard InChI is InChI=1S/C14H21N3/c1-3-17(11-7-10-15)14(12(2)16)13-8-5-4-6-9-13/h4-6,8-9,12,14H,3,7,11,16H2,1-2H3. The van der Waals surface area contributed by atoms with E-state index in [1.54, 1.807) is 0 Å². The van der Waals surface area contributed by atoms with Crippen molar-refractivity contribution in [2.24, 2.45) is 5.73 Å². The average Bonchev–Trinajstić information content (AvgIpc) is 2.35. The lowest BCUT2D eigenvalue weighted by atomic mass is 9.99. The maximum Gasteiger partial charge on any atom is 0.0635 e. The van der Waals surface area contributed by atoms with Crippen LogP contribution in [0, 0.1) is 11.3 Å². The highest BCUT2D eigenvalue weighted by Gasteiger charge is 2.22. The van der Waals surface area contributed by atoms with E-state index in [9.17, 15) is 0 Å². The first-order chi connectivity index (χ1) is 8.20. The van der Waals surface area contributed by atoms with E-state index in [0.717, 1.165) is 13.1 Å². The molecule has 0 bridgehead atoms. The Hall–Kier alpha value is -1.37. The minimum atomic E-state index is 0.0519. The molecule has 2 atom stereocenters. The molecule has 0 heterocycles. The molecule has 0 radical (unpaired) electrons. The molecule has 3 heteroatoms. The summed E-state index contributed by atoms with van der Waals surface area (Å²) in [6.07, 6.45) is 0.546. The van der Waals surface area contributed by atoms with E-state index >= 15 is 0 Å². The van der Waals surface area contributed by atoms with Crippen molar-refractivity contribution in [1.82, 2.24) is 4.90 Å². The van der Waals surface area contributed by atoms with E-state index in [4.69, 9.17) is 11.0 Å². The van der Waals surface area contributed by atoms with Crippen molar-refractivity contribution < 1.29 is 0 Å². The van der Waals surface area contributed by atoms with Gasteiger partial charge in [0.15, 0.2) is 0 Å². The van der Waals surface area contributed by atoms with Gasteiger partial charge in [0, 0.05) is 25.0 Å². The predicted molar refractivity (Wildman–Crippen MR) is 70.3 cm³/mol. The smallest absolute Gasteiger partial charge is 0.0635 e. The SMILES string of the molecule is CCN(CCC#N)C(c1ccccc1)C(C)N. The fourth-order valence-electron chi connectivity index (χ4n) is 2.18. The van der Waals surface area contributed by atoms with E-state index in [1.807, 2.05) is 25.1 Å². The molecule has 2 N–H and O–H groups in total. The van der Waals surface area contributed by atoms with Gasteiger partial charge in [0.1, 0.15) is 0 Å². The Bertz CT molecular complexity index is 353. The van der Waals surface area contributed by atoms with E-state index in [2.05, 4.69) is 30.0 Å². The summed E-state index contributed by atoms with van der Waals surface area (Å²) in [6.45, 7) is 5.80. The van der Waals surface area contributed by atoms with Gasteiger partial charge in [-0.15, -0.1) is 0 Å². The first-order valence-electron chi connectivity index (χ1n) is 6.12. The second-order valence-electron chi connectivity index (χ2n) is 4.25. The van der Waals surface area contributed by atoms with Gasteiger partial charge in [-0.05, 0) is 19.0 Å². The minimum absolute atomic E-state index is 0.0519. The van der Waals surface area contributed by atoms with E-state index in [0.29, 0.717) is 6.42 Å². The van der Waals surface area contributed by atoms with Gasteiger partial charge in [0.05, 0.1) is 6.07 Å². The minimum Gasteiger partial charge on any atom is -0.326 e. The molecular formula is C14H21N3. The number of hydrogen-bond donors (Lipinski definition) is 1. The Kier molecular flexibility index (Phi) is 5.68. The summed E-state index contributed by atoms with van der Waals surface area (Å²) in [7, 11) is 0. The van der Waals surface area contributed by atoms with Gasteiger partial charge in [-0.1, -0.05) is 37.3 Å². The van der Waals surface area contributed by atoms with Gasteiger partial charge in [-0.2, -0.15) is 5.26 Å². The zero-order chi connectivity index (χ0) is 12.7. The Morgan fingerprint density at radius 3 is 2.47 bits per heavy atom. The van der Waals surface area contributed by atoms with Gasteiger partial charge in [-0.25, -0.2) is 0 Å². The van der Waals surface area contributed by atoms with Crippen molar-refractivity contribution in [2.75, 3.05) is 13.1 Å². The summed E-state index contributed by atoms with van der Waals surface area (Å²) >= 11 is 0. The van der Waals surface area contributed by atoms with Gasteiger partial charge >= 0.3 is 0 Å². The largest absolute Gasteiger partial charge is 0.326 e. The van der Waals surface area contributed by atoms with Crippen molar-refractivity contribution in [3.8, 4) is 6.07 Å². The predicted octanol–water partition coefficient (Wildman–Crippen LogP) is 2.31. The van der Waals surface area contributed by atoms with Crippen molar-refractivity contribution in [1.29, 1.82) is 5.26 Å². The molecule has 1 aromatic rings. The molecule has 1 rings (SSSR count). The van der Waals surface area contributed by atoms with Crippen LogP contribution in [-0.2, 0) is 0 Å². The van der Waals surface area contributed by atoms with Gasteiger partial charge in [0.25, 0.3) is 0 Å². The zero-order valence-electron chi connectivity index (χ0n) is 10.6. The number of nitrogens with zero attached hydrogens (tertiary/aromatic N) is 2. The van der Waals surface area contributed by atoms with Crippen LogP contribution in [0.15, 0.2) is 30.3 Å². The number of hydrogen-bond acceptors (Lipinski definition) is 3. The molecule has 0 aliphatic rings. The van der Waals surface area contributed by atoms with Gasteiger partial charge in [0.2, 0.25) is 0 Å². The molecule has 2 unspecified atom stereocenters. The fraction of sp³-hybridized carbons (Fsp3) is 0.500. The van der Waals surface area contributed by atoms with Crippen LogP contribution in [0.4, 0.5) is 0 Å².